The van der Waals surface area contributed by atoms with Crippen LogP contribution in [0.4, 0.5) is 5.69 Å². The monoisotopic (exact) mass is 547 g/mol. The Kier molecular flexibility index (Phi) is 10.1. The molecule has 2 aromatic rings. The minimum absolute atomic E-state index is 0.0754. The average molecular weight is 549 g/mol. The first-order chi connectivity index (χ1) is 15.8. The van der Waals surface area contributed by atoms with E-state index in [1.165, 1.54) is 23.1 Å². The van der Waals surface area contributed by atoms with Crippen LogP contribution in [0.3, 0.4) is 0 Å². The summed E-state index contributed by atoms with van der Waals surface area (Å²) in [5.41, 5.74) is 0.806. The minimum Gasteiger partial charge on any atom is -0.352 e. The first kappa shape index (κ1) is 28.2. The van der Waals surface area contributed by atoms with Crippen molar-refractivity contribution in [3.05, 3.63) is 63.1 Å². The van der Waals surface area contributed by atoms with Crippen molar-refractivity contribution in [1.82, 2.24) is 10.2 Å². The number of nitrogens with zero attached hydrogens (tertiary/aromatic N) is 2. The first-order valence-corrected chi connectivity index (χ1v) is 13.6. The van der Waals surface area contributed by atoms with Gasteiger partial charge in [-0.15, -0.1) is 0 Å². The molecule has 0 saturated heterocycles. The number of carbonyl (C=O) groups is 2. The number of rotatable bonds is 10. The van der Waals surface area contributed by atoms with Crippen LogP contribution in [0.5, 0.6) is 0 Å². The number of carbonyl (C=O) groups excluding carboxylic acids is 2. The van der Waals surface area contributed by atoms with Crippen molar-refractivity contribution in [2.45, 2.75) is 45.8 Å². The third-order valence-corrected chi connectivity index (χ3v) is 7.22. The van der Waals surface area contributed by atoms with E-state index in [0.717, 1.165) is 22.5 Å². The predicted molar refractivity (Wildman–Crippen MR) is 138 cm³/mol. The van der Waals surface area contributed by atoms with E-state index < -0.39 is 28.5 Å². The van der Waals surface area contributed by atoms with E-state index in [1.54, 1.807) is 31.2 Å². The standard InChI is InChI=1S/C23H28Cl3N3O4S/c1-5-15(2)27-23(31)16(3)28(13-17-6-8-18(24)9-7-17)22(30)14-29(34(4,32)33)21-12-19(25)10-11-20(21)26/h6-12,15-16H,5,13-14H2,1-4H3,(H,27,31)/t15-,16+/m1/s1. The number of nitrogens with one attached hydrogen (secondary N) is 1. The maximum atomic E-state index is 13.5. The highest BCUT2D eigenvalue weighted by Gasteiger charge is 2.31. The second-order valence-corrected chi connectivity index (χ2v) is 11.2. The quantitative estimate of drug-likeness (QED) is 0.464. The van der Waals surface area contributed by atoms with Gasteiger partial charge in [0.05, 0.1) is 17.0 Å². The lowest BCUT2D eigenvalue weighted by Gasteiger charge is -2.32. The molecule has 0 aliphatic heterocycles. The first-order valence-electron chi connectivity index (χ1n) is 10.6. The summed E-state index contributed by atoms with van der Waals surface area (Å²) in [6.45, 7) is 4.91. The second kappa shape index (κ2) is 12.1. The zero-order valence-corrected chi connectivity index (χ0v) is 22.5. The van der Waals surface area contributed by atoms with Crippen molar-refractivity contribution in [1.29, 1.82) is 0 Å². The van der Waals surface area contributed by atoms with Crippen LogP contribution in [-0.2, 0) is 26.2 Å². The molecule has 1 N–H and O–H groups in total. The van der Waals surface area contributed by atoms with Gasteiger partial charge in [-0.05, 0) is 56.2 Å². The number of sulfonamides is 1. The molecule has 2 rings (SSSR count). The van der Waals surface area contributed by atoms with Gasteiger partial charge in [-0.25, -0.2) is 8.42 Å². The summed E-state index contributed by atoms with van der Waals surface area (Å²) in [7, 11) is -3.91. The molecular weight excluding hydrogens is 521 g/mol. The van der Waals surface area contributed by atoms with Crippen molar-refractivity contribution in [2.75, 3.05) is 17.1 Å². The van der Waals surface area contributed by atoms with Crippen LogP contribution in [0.2, 0.25) is 15.1 Å². The normalized spacial score (nSPS) is 13.1. The molecule has 2 aromatic carbocycles. The molecular formula is C23H28Cl3N3O4S. The molecule has 186 valence electrons. The summed E-state index contributed by atoms with van der Waals surface area (Å²) in [6.07, 6.45) is 1.69. The van der Waals surface area contributed by atoms with Gasteiger partial charge in [0, 0.05) is 22.6 Å². The van der Waals surface area contributed by atoms with Gasteiger partial charge in [-0.1, -0.05) is 53.9 Å². The molecule has 0 aromatic heterocycles. The van der Waals surface area contributed by atoms with Crippen molar-refractivity contribution in [2.24, 2.45) is 0 Å². The van der Waals surface area contributed by atoms with Crippen molar-refractivity contribution in [3.63, 3.8) is 0 Å². The van der Waals surface area contributed by atoms with E-state index in [2.05, 4.69) is 5.32 Å². The maximum absolute atomic E-state index is 13.5. The Bertz CT molecular complexity index is 1130. The van der Waals surface area contributed by atoms with E-state index in [9.17, 15) is 18.0 Å². The molecule has 2 atom stereocenters. The van der Waals surface area contributed by atoms with E-state index in [4.69, 9.17) is 34.8 Å². The highest BCUT2D eigenvalue weighted by atomic mass is 35.5. The number of hydrogen-bond donors (Lipinski definition) is 1. The molecule has 7 nitrogen and oxygen atoms in total. The zero-order valence-electron chi connectivity index (χ0n) is 19.4. The SMILES string of the molecule is CC[C@@H](C)NC(=O)[C@H](C)N(Cc1ccc(Cl)cc1)C(=O)CN(c1cc(Cl)ccc1Cl)S(C)(=O)=O. The highest BCUT2D eigenvalue weighted by Crippen LogP contribution is 2.31. The smallest absolute Gasteiger partial charge is 0.244 e. The third-order valence-electron chi connectivity index (χ3n) is 5.29. The molecule has 34 heavy (non-hydrogen) atoms. The summed E-state index contributed by atoms with van der Waals surface area (Å²) in [6, 6.07) is 10.2. The number of anilines is 1. The number of halogens is 3. The molecule has 2 amide bonds. The fourth-order valence-electron chi connectivity index (χ4n) is 3.11. The van der Waals surface area contributed by atoms with E-state index >= 15 is 0 Å². The Hall–Kier alpha value is -2.00. The lowest BCUT2D eigenvalue weighted by atomic mass is 10.1. The number of hydrogen-bond acceptors (Lipinski definition) is 4. The fraction of sp³-hybridized carbons (Fsp3) is 0.391. The number of amides is 2. The van der Waals surface area contributed by atoms with Gasteiger partial charge >= 0.3 is 0 Å². The van der Waals surface area contributed by atoms with Crippen LogP contribution in [-0.4, -0.2) is 50.0 Å². The van der Waals surface area contributed by atoms with Crippen LogP contribution >= 0.6 is 34.8 Å². The zero-order chi connectivity index (χ0) is 25.6. The molecule has 0 spiro atoms. The van der Waals surface area contributed by atoms with Crippen molar-refractivity contribution >= 4 is 62.3 Å². The molecule has 0 saturated carbocycles. The summed E-state index contributed by atoms with van der Waals surface area (Å²) in [5, 5.41) is 3.78. The lowest BCUT2D eigenvalue weighted by Crippen LogP contribution is -2.52. The van der Waals surface area contributed by atoms with Crippen LogP contribution in [0.25, 0.3) is 0 Å². The van der Waals surface area contributed by atoms with Gasteiger partial charge in [0.1, 0.15) is 12.6 Å². The summed E-state index contributed by atoms with van der Waals surface area (Å²) in [4.78, 5) is 27.7. The van der Waals surface area contributed by atoms with Gasteiger partial charge in [-0.3, -0.25) is 13.9 Å². The second-order valence-electron chi connectivity index (χ2n) is 8.01. The summed E-state index contributed by atoms with van der Waals surface area (Å²) >= 11 is 18.2. The molecule has 0 heterocycles. The van der Waals surface area contributed by atoms with Crippen molar-refractivity contribution in [3.8, 4) is 0 Å². The highest BCUT2D eigenvalue weighted by molar-refractivity contribution is 7.92. The topological polar surface area (TPSA) is 86.8 Å². The van der Waals surface area contributed by atoms with Gasteiger partial charge in [-0.2, -0.15) is 0 Å². The molecule has 0 aliphatic rings. The lowest BCUT2D eigenvalue weighted by molar-refractivity contribution is -0.139. The molecule has 0 aliphatic carbocycles. The Morgan fingerprint density at radius 3 is 2.15 bits per heavy atom. The largest absolute Gasteiger partial charge is 0.352 e. The molecule has 0 unspecified atom stereocenters. The summed E-state index contributed by atoms with van der Waals surface area (Å²) in [5.74, 6) is -0.924. The van der Waals surface area contributed by atoms with E-state index in [-0.39, 0.29) is 34.2 Å². The Labute approximate surface area is 216 Å². The minimum atomic E-state index is -3.91. The maximum Gasteiger partial charge on any atom is 0.244 e. The fourth-order valence-corrected chi connectivity index (χ4v) is 4.52. The predicted octanol–water partition coefficient (Wildman–Crippen LogP) is 4.74. The van der Waals surface area contributed by atoms with Gasteiger partial charge < -0.3 is 10.2 Å². The van der Waals surface area contributed by atoms with Crippen LogP contribution in [0.1, 0.15) is 32.8 Å². The third kappa shape index (κ3) is 7.77. The summed E-state index contributed by atoms with van der Waals surface area (Å²) < 4.78 is 26.1. The Morgan fingerprint density at radius 2 is 1.59 bits per heavy atom. The van der Waals surface area contributed by atoms with Gasteiger partial charge in [0.2, 0.25) is 21.8 Å². The van der Waals surface area contributed by atoms with Gasteiger partial charge in [0.15, 0.2) is 0 Å². The Balaban J connectivity index is 2.42. The van der Waals surface area contributed by atoms with Crippen LogP contribution in [0.15, 0.2) is 42.5 Å². The molecule has 0 bridgehead atoms. The Morgan fingerprint density at radius 1 is 1.00 bits per heavy atom. The average Bonchev–Trinajstić information content (AvgIpc) is 2.77. The molecule has 11 heteroatoms. The number of benzene rings is 2. The van der Waals surface area contributed by atoms with Crippen molar-refractivity contribution < 1.29 is 18.0 Å². The molecule has 0 radical (unpaired) electrons. The van der Waals surface area contributed by atoms with Crippen LogP contribution < -0.4 is 9.62 Å². The van der Waals surface area contributed by atoms with E-state index in [0.29, 0.717) is 5.02 Å². The van der Waals surface area contributed by atoms with Crippen LogP contribution in [0, 0.1) is 0 Å². The van der Waals surface area contributed by atoms with E-state index in [1.807, 2.05) is 13.8 Å². The molecule has 0 fully saturated rings. The van der Waals surface area contributed by atoms with Gasteiger partial charge in [0.25, 0.3) is 0 Å².